The lowest BCUT2D eigenvalue weighted by atomic mass is 9.93. The Bertz CT molecular complexity index is 1300. The van der Waals surface area contributed by atoms with E-state index in [2.05, 4.69) is 68.4 Å². The van der Waals surface area contributed by atoms with Crippen molar-refractivity contribution < 1.29 is 24.9 Å². The molecule has 8 heteroatoms. The molecule has 3 aromatic carbocycles. The van der Waals surface area contributed by atoms with E-state index >= 15 is 0 Å². The van der Waals surface area contributed by atoms with Crippen LogP contribution < -0.4 is 15.4 Å². The lowest BCUT2D eigenvalue weighted by molar-refractivity contribution is -0.105. The highest BCUT2D eigenvalue weighted by atomic mass is 16.5. The highest BCUT2D eigenvalue weighted by molar-refractivity contribution is 5.75. The summed E-state index contributed by atoms with van der Waals surface area (Å²) in [6.45, 7) is 13.9. The lowest BCUT2D eigenvalue weighted by Crippen LogP contribution is -2.38. The van der Waals surface area contributed by atoms with Crippen molar-refractivity contribution in [1.82, 2.24) is 10.2 Å². The van der Waals surface area contributed by atoms with E-state index in [9.17, 15) is 20.1 Å². The van der Waals surface area contributed by atoms with Gasteiger partial charge in [-0.1, -0.05) is 37.3 Å². The van der Waals surface area contributed by atoms with E-state index in [0.717, 1.165) is 50.0 Å². The summed E-state index contributed by atoms with van der Waals surface area (Å²) in [5.41, 5.74) is 4.35. The van der Waals surface area contributed by atoms with Crippen LogP contribution in [0, 0.1) is 0 Å². The van der Waals surface area contributed by atoms with Gasteiger partial charge in [0.1, 0.15) is 17.2 Å². The molecule has 0 aliphatic rings. The van der Waals surface area contributed by atoms with Gasteiger partial charge < -0.3 is 30.7 Å². The molecule has 2 atom stereocenters. The van der Waals surface area contributed by atoms with E-state index in [-0.39, 0.29) is 11.4 Å². The molecule has 0 saturated heterocycles. The Kier molecular flexibility index (Phi) is 14.7. The number of aromatic hydroxyl groups is 2. The normalized spacial score (nSPS) is 12.9. The third-order valence-electron chi connectivity index (χ3n) is 8.37. The number of phenols is 2. The van der Waals surface area contributed by atoms with Gasteiger partial charge in [0.25, 0.3) is 0 Å². The molecule has 0 heterocycles. The van der Waals surface area contributed by atoms with Crippen LogP contribution >= 0.6 is 0 Å². The van der Waals surface area contributed by atoms with Crippen LogP contribution in [0.25, 0.3) is 0 Å². The summed E-state index contributed by atoms with van der Waals surface area (Å²) in [7, 11) is 0. The van der Waals surface area contributed by atoms with Gasteiger partial charge in [0.05, 0.1) is 18.4 Å². The molecule has 0 spiro atoms. The second-order valence-electron chi connectivity index (χ2n) is 12.5. The number of phenolic OH excluding ortho intramolecular Hbond substituents is 2. The Morgan fingerprint density at radius 3 is 2.22 bits per heavy atom. The Morgan fingerprint density at radius 1 is 0.844 bits per heavy atom. The monoisotopic (exact) mass is 619 g/mol. The number of aliphatic hydroxyl groups excluding tert-OH is 1. The molecule has 1 amide bonds. The maximum Gasteiger partial charge on any atom is 0.211 e. The average molecular weight is 620 g/mol. The SMILES string of the molecule is CC(C)N(CC[C@H](C)c1cc(CCCCOc2ccc(CCNC[C@H](O)c3ccc(O)c(NC=O)c3)cc2)ccc1O)C(C)C. The molecule has 0 fully saturated rings. The predicted octanol–water partition coefficient (Wildman–Crippen LogP) is 6.55. The summed E-state index contributed by atoms with van der Waals surface area (Å²) in [5.74, 6) is 1.50. The number of carbonyl (C=O) groups is 1. The van der Waals surface area contributed by atoms with Crippen molar-refractivity contribution in [2.45, 2.75) is 90.8 Å². The zero-order valence-electron chi connectivity index (χ0n) is 27.6. The van der Waals surface area contributed by atoms with Crippen LogP contribution in [-0.2, 0) is 17.6 Å². The quantitative estimate of drug-likeness (QED) is 0.0554. The number of aryl methyl sites for hydroxylation is 1. The highest BCUT2D eigenvalue weighted by Crippen LogP contribution is 2.30. The number of hydrogen-bond acceptors (Lipinski definition) is 7. The second-order valence-corrected chi connectivity index (χ2v) is 12.5. The van der Waals surface area contributed by atoms with E-state index in [1.807, 2.05) is 24.3 Å². The first-order valence-electron chi connectivity index (χ1n) is 16.3. The number of amides is 1. The summed E-state index contributed by atoms with van der Waals surface area (Å²) >= 11 is 0. The summed E-state index contributed by atoms with van der Waals surface area (Å²) in [6.07, 6.45) is 4.48. The Balaban J connectivity index is 1.34. The third kappa shape index (κ3) is 11.7. The van der Waals surface area contributed by atoms with Crippen LogP contribution in [0.5, 0.6) is 17.2 Å². The third-order valence-corrected chi connectivity index (χ3v) is 8.37. The lowest BCUT2D eigenvalue weighted by Gasteiger charge is -2.31. The van der Waals surface area contributed by atoms with Gasteiger partial charge in [0, 0.05) is 18.6 Å². The van der Waals surface area contributed by atoms with Gasteiger partial charge in [-0.2, -0.15) is 0 Å². The molecule has 45 heavy (non-hydrogen) atoms. The number of anilines is 1. The highest BCUT2D eigenvalue weighted by Gasteiger charge is 2.17. The minimum Gasteiger partial charge on any atom is -0.508 e. The molecule has 0 aliphatic heterocycles. The van der Waals surface area contributed by atoms with Crippen molar-refractivity contribution >= 4 is 12.1 Å². The maximum atomic E-state index is 10.7. The number of aliphatic hydroxyl groups is 1. The fourth-order valence-corrected chi connectivity index (χ4v) is 5.67. The van der Waals surface area contributed by atoms with Crippen molar-refractivity contribution in [2.24, 2.45) is 0 Å². The fraction of sp³-hybridized carbons (Fsp3) is 0.486. The van der Waals surface area contributed by atoms with Gasteiger partial charge in [-0.15, -0.1) is 0 Å². The summed E-state index contributed by atoms with van der Waals surface area (Å²) < 4.78 is 5.98. The van der Waals surface area contributed by atoms with Crippen molar-refractivity contribution in [3.63, 3.8) is 0 Å². The first kappa shape index (κ1) is 35.9. The minimum absolute atomic E-state index is 0.0439. The largest absolute Gasteiger partial charge is 0.508 e. The number of rotatable bonds is 20. The van der Waals surface area contributed by atoms with E-state index in [4.69, 9.17) is 4.74 Å². The van der Waals surface area contributed by atoms with Crippen molar-refractivity contribution in [3.05, 3.63) is 82.9 Å². The molecule has 0 radical (unpaired) electrons. The van der Waals surface area contributed by atoms with Gasteiger partial charge >= 0.3 is 0 Å². The summed E-state index contributed by atoms with van der Waals surface area (Å²) in [6, 6.07) is 19.8. The van der Waals surface area contributed by atoms with Crippen LogP contribution in [-0.4, -0.2) is 65.0 Å². The van der Waals surface area contributed by atoms with Crippen molar-refractivity contribution in [3.8, 4) is 17.2 Å². The molecule has 246 valence electrons. The second kappa shape index (κ2) is 18.4. The van der Waals surface area contributed by atoms with E-state index in [1.165, 1.54) is 17.2 Å². The number of nitrogens with zero attached hydrogens (tertiary/aromatic N) is 1. The Hall–Kier alpha value is -3.59. The first-order valence-corrected chi connectivity index (χ1v) is 16.3. The van der Waals surface area contributed by atoms with Gasteiger partial charge in [-0.05, 0) is 131 Å². The molecular formula is C37H53N3O5. The molecule has 0 saturated carbocycles. The summed E-state index contributed by atoms with van der Waals surface area (Å²) in [5, 5.41) is 36.4. The minimum atomic E-state index is -0.760. The Morgan fingerprint density at radius 2 is 1.53 bits per heavy atom. The maximum absolute atomic E-state index is 10.7. The van der Waals surface area contributed by atoms with Gasteiger partial charge in [0.2, 0.25) is 6.41 Å². The fourth-order valence-electron chi connectivity index (χ4n) is 5.67. The molecule has 0 aromatic heterocycles. The van der Waals surface area contributed by atoms with Gasteiger partial charge in [-0.3, -0.25) is 9.69 Å². The zero-order chi connectivity index (χ0) is 32.8. The van der Waals surface area contributed by atoms with Crippen LogP contribution in [0.1, 0.15) is 88.2 Å². The average Bonchev–Trinajstić information content (AvgIpc) is 3.01. The first-order chi connectivity index (χ1) is 21.6. The van der Waals surface area contributed by atoms with Crippen LogP contribution in [0.4, 0.5) is 5.69 Å². The molecule has 0 bridgehead atoms. The van der Waals surface area contributed by atoms with Gasteiger partial charge in [0.15, 0.2) is 0 Å². The van der Waals surface area contributed by atoms with Gasteiger partial charge in [-0.25, -0.2) is 0 Å². The number of unbranched alkanes of at least 4 members (excludes halogenated alkanes) is 1. The van der Waals surface area contributed by atoms with Crippen molar-refractivity contribution in [2.75, 3.05) is 31.6 Å². The van der Waals surface area contributed by atoms with Crippen LogP contribution in [0.2, 0.25) is 0 Å². The summed E-state index contributed by atoms with van der Waals surface area (Å²) in [4.78, 5) is 13.2. The molecule has 3 aromatic rings. The molecule has 0 aliphatic carbocycles. The van der Waals surface area contributed by atoms with E-state index in [1.54, 1.807) is 12.1 Å². The Labute approximate surface area is 269 Å². The van der Waals surface area contributed by atoms with E-state index in [0.29, 0.717) is 55.4 Å². The predicted molar refractivity (Wildman–Crippen MR) is 182 cm³/mol. The van der Waals surface area contributed by atoms with Crippen LogP contribution in [0.15, 0.2) is 60.7 Å². The number of benzene rings is 3. The molecule has 8 nitrogen and oxygen atoms in total. The molecule has 3 rings (SSSR count). The number of ether oxygens (including phenoxy) is 1. The van der Waals surface area contributed by atoms with E-state index < -0.39 is 6.10 Å². The molecule has 0 unspecified atom stereocenters. The zero-order valence-corrected chi connectivity index (χ0v) is 27.6. The molecule has 5 N–H and O–H groups in total. The topological polar surface area (TPSA) is 114 Å². The number of hydrogen-bond donors (Lipinski definition) is 5. The number of nitrogens with one attached hydrogen (secondary N) is 2. The smallest absolute Gasteiger partial charge is 0.211 e. The van der Waals surface area contributed by atoms with Crippen molar-refractivity contribution in [1.29, 1.82) is 0 Å². The van der Waals surface area contributed by atoms with Crippen LogP contribution in [0.3, 0.4) is 0 Å². The molecular weight excluding hydrogens is 566 g/mol. The standard InChI is InChI=1S/C37H53N3O5/c1-26(2)40(27(3)4)20-18-28(5)33-22-30(11-15-35(33)42)8-6-7-21-45-32-13-9-29(10-14-32)17-19-38-24-37(44)31-12-16-36(43)34(23-31)39-25-41/h9-16,22-23,25-28,37-38,42-44H,6-8,17-21,24H2,1-5H3,(H,39,41)/t28-,37-/m0/s1. The number of carbonyl (C=O) groups excluding carboxylic acids is 1.